The molecular weight excluding hydrogens is 452 g/mol. The van der Waals surface area contributed by atoms with Gasteiger partial charge in [-0.1, -0.05) is 0 Å². The number of hydrogen-bond acceptors (Lipinski definition) is 11. The molecule has 30 heavy (non-hydrogen) atoms. The monoisotopic (exact) mass is 470 g/mol. The van der Waals surface area contributed by atoms with Crippen LogP contribution in [0.25, 0.3) is 0 Å². The summed E-state index contributed by atoms with van der Waals surface area (Å²) >= 11 is 0. The Hall–Kier alpha value is -2.89. The number of carbonyl (C=O) groups excluding carboxylic acids is 1. The number of nitro groups is 2. The third-order valence-electron chi connectivity index (χ3n) is 3.51. The molecule has 0 fully saturated rings. The zero-order valence-corrected chi connectivity index (χ0v) is 17.0. The standard InChI is InChI=1S/C13H18N4O11S2/c1-29(23,24)28-10(13(14)18)7-8-3-4-9(16(19)20)11(12(8)17(21)22)15-5-2-6-30(25,26)27/h3-4,10,15H,2,5-7H2,1H3,(H2,14,18)(H,25,26,27). The average molecular weight is 470 g/mol. The number of carbonyl (C=O) groups is 1. The fraction of sp³-hybridized carbons (Fsp3) is 0.462. The molecule has 1 rings (SSSR count). The van der Waals surface area contributed by atoms with Crippen molar-refractivity contribution < 1.29 is 40.2 Å². The van der Waals surface area contributed by atoms with E-state index in [-0.39, 0.29) is 18.5 Å². The highest BCUT2D eigenvalue weighted by Crippen LogP contribution is 2.38. The number of nitro benzene ring substituents is 2. The lowest BCUT2D eigenvalue weighted by atomic mass is 10.0. The van der Waals surface area contributed by atoms with Crippen molar-refractivity contribution in [3.8, 4) is 0 Å². The Morgan fingerprint density at radius 1 is 1.23 bits per heavy atom. The second kappa shape index (κ2) is 9.74. The summed E-state index contributed by atoms with van der Waals surface area (Å²) in [4.78, 5) is 32.4. The molecule has 0 saturated heterocycles. The molecule has 0 bridgehead atoms. The molecule has 15 nitrogen and oxygen atoms in total. The molecule has 1 amide bonds. The topological polar surface area (TPSA) is 239 Å². The minimum atomic E-state index is -4.31. The van der Waals surface area contributed by atoms with Crippen molar-refractivity contribution in [3.63, 3.8) is 0 Å². The van der Waals surface area contributed by atoms with E-state index in [4.69, 9.17) is 10.3 Å². The molecule has 1 atom stereocenters. The fourth-order valence-corrected chi connectivity index (χ4v) is 3.48. The maximum atomic E-state index is 11.6. The largest absolute Gasteiger partial charge is 0.374 e. The van der Waals surface area contributed by atoms with Crippen molar-refractivity contribution in [1.82, 2.24) is 0 Å². The first-order valence-corrected chi connectivity index (χ1v) is 11.4. The van der Waals surface area contributed by atoms with E-state index in [1.165, 1.54) is 0 Å². The van der Waals surface area contributed by atoms with Crippen molar-refractivity contribution in [2.24, 2.45) is 5.73 Å². The molecule has 4 N–H and O–H groups in total. The summed E-state index contributed by atoms with van der Waals surface area (Å²) in [5.41, 5.74) is 2.60. The first-order chi connectivity index (χ1) is 13.6. The molecule has 0 aliphatic rings. The highest BCUT2D eigenvalue weighted by molar-refractivity contribution is 7.86. The molecule has 0 saturated carbocycles. The SMILES string of the molecule is CS(=O)(=O)OC(Cc1ccc([N+](=O)[O-])c(NCCCS(=O)(=O)O)c1[N+](=O)[O-])C(N)=O. The summed E-state index contributed by atoms with van der Waals surface area (Å²) in [6.45, 7) is -0.302. The third-order valence-corrected chi connectivity index (χ3v) is 4.90. The van der Waals surface area contributed by atoms with Crippen LogP contribution in [0.4, 0.5) is 17.1 Å². The van der Waals surface area contributed by atoms with Gasteiger partial charge in [-0.2, -0.15) is 16.8 Å². The Labute approximate surface area is 170 Å². The molecule has 0 aliphatic heterocycles. The molecule has 17 heteroatoms. The summed E-state index contributed by atoms with van der Waals surface area (Å²) in [7, 11) is -8.47. The Morgan fingerprint density at radius 2 is 1.83 bits per heavy atom. The van der Waals surface area contributed by atoms with E-state index in [2.05, 4.69) is 9.50 Å². The number of nitrogens with zero attached hydrogens (tertiary/aromatic N) is 2. The average Bonchev–Trinajstić information content (AvgIpc) is 2.55. The number of nitrogens with one attached hydrogen (secondary N) is 1. The fourth-order valence-electron chi connectivity index (χ4n) is 2.38. The van der Waals surface area contributed by atoms with E-state index in [1.54, 1.807) is 0 Å². The van der Waals surface area contributed by atoms with Gasteiger partial charge in [0.1, 0.15) is 0 Å². The molecule has 0 aromatic heterocycles. The van der Waals surface area contributed by atoms with Gasteiger partial charge in [0.2, 0.25) is 5.91 Å². The van der Waals surface area contributed by atoms with Gasteiger partial charge < -0.3 is 11.1 Å². The van der Waals surface area contributed by atoms with Crippen molar-refractivity contribution in [3.05, 3.63) is 37.9 Å². The van der Waals surface area contributed by atoms with Crippen LogP contribution in [0.3, 0.4) is 0 Å². The van der Waals surface area contributed by atoms with Crippen LogP contribution in [0, 0.1) is 20.2 Å². The molecule has 0 radical (unpaired) electrons. The van der Waals surface area contributed by atoms with Crippen LogP contribution in [0.1, 0.15) is 12.0 Å². The number of primary amides is 1. The first-order valence-electron chi connectivity index (χ1n) is 7.93. The Kier molecular flexibility index (Phi) is 8.17. The summed E-state index contributed by atoms with van der Waals surface area (Å²) in [5, 5.41) is 25.2. The normalized spacial score (nSPS) is 12.9. The summed E-state index contributed by atoms with van der Waals surface area (Å²) < 4.78 is 57.3. The van der Waals surface area contributed by atoms with Crippen LogP contribution in [0.5, 0.6) is 0 Å². The van der Waals surface area contributed by atoms with Crippen LogP contribution in [0.2, 0.25) is 0 Å². The van der Waals surface area contributed by atoms with Gasteiger partial charge in [0.25, 0.3) is 25.9 Å². The van der Waals surface area contributed by atoms with Crippen LogP contribution >= 0.6 is 0 Å². The Balaban J connectivity index is 3.38. The lowest BCUT2D eigenvalue weighted by Gasteiger charge is -2.15. The maximum Gasteiger partial charge on any atom is 0.302 e. The van der Waals surface area contributed by atoms with Gasteiger partial charge in [0, 0.05) is 24.6 Å². The summed E-state index contributed by atoms with van der Waals surface area (Å²) in [6.07, 6.45) is -2.10. The smallest absolute Gasteiger partial charge is 0.302 e. The van der Waals surface area contributed by atoms with Gasteiger partial charge in [0.15, 0.2) is 11.8 Å². The Bertz CT molecular complexity index is 1050. The minimum absolute atomic E-state index is 0.238. The van der Waals surface area contributed by atoms with E-state index < -0.39 is 71.3 Å². The highest BCUT2D eigenvalue weighted by atomic mass is 32.2. The van der Waals surface area contributed by atoms with E-state index in [9.17, 15) is 41.9 Å². The van der Waals surface area contributed by atoms with Crippen molar-refractivity contribution in [1.29, 1.82) is 0 Å². The summed E-state index contributed by atoms with van der Waals surface area (Å²) in [5.74, 6) is -1.94. The van der Waals surface area contributed by atoms with Gasteiger partial charge in [-0.25, -0.2) is 0 Å². The quantitative estimate of drug-likeness (QED) is 0.116. The van der Waals surface area contributed by atoms with E-state index in [0.717, 1.165) is 12.1 Å². The predicted molar refractivity (Wildman–Crippen MR) is 102 cm³/mol. The predicted octanol–water partition coefficient (Wildman–Crippen LogP) is -0.435. The zero-order valence-electron chi connectivity index (χ0n) is 15.4. The Morgan fingerprint density at radius 3 is 2.27 bits per heavy atom. The lowest BCUT2D eigenvalue weighted by molar-refractivity contribution is -0.392. The van der Waals surface area contributed by atoms with Crippen molar-refractivity contribution in [2.75, 3.05) is 23.9 Å². The second-order valence-electron chi connectivity index (χ2n) is 5.94. The van der Waals surface area contributed by atoms with Crippen molar-refractivity contribution in [2.45, 2.75) is 18.9 Å². The molecule has 0 aliphatic carbocycles. The minimum Gasteiger partial charge on any atom is -0.374 e. The molecular formula is C13H18N4O11S2. The number of amides is 1. The van der Waals surface area contributed by atoms with Crippen LogP contribution in [-0.4, -0.2) is 61.8 Å². The van der Waals surface area contributed by atoms with Gasteiger partial charge >= 0.3 is 5.69 Å². The first kappa shape index (κ1) is 25.1. The lowest BCUT2D eigenvalue weighted by Crippen LogP contribution is -2.35. The van der Waals surface area contributed by atoms with Crippen molar-refractivity contribution >= 4 is 43.2 Å². The molecule has 168 valence electrons. The second-order valence-corrected chi connectivity index (χ2v) is 9.12. The van der Waals surface area contributed by atoms with Crippen LogP contribution in [-0.2, 0) is 35.6 Å². The van der Waals surface area contributed by atoms with Crippen LogP contribution < -0.4 is 11.1 Å². The van der Waals surface area contributed by atoms with E-state index in [0.29, 0.717) is 6.26 Å². The number of benzene rings is 1. The van der Waals surface area contributed by atoms with Gasteiger partial charge in [0.05, 0.1) is 21.9 Å². The van der Waals surface area contributed by atoms with Crippen LogP contribution in [0.15, 0.2) is 12.1 Å². The summed E-state index contributed by atoms with van der Waals surface area (Å²) in [6, 6.07) is 1.83. The van der Waals surface area contributed by atoms with Gasteiger partial charge in [-0.05, 0) is 12.5 Å². The highest BCUT2D eigenvalue weighted by Gasteiger charge is 2.32. The molecule has 1 aromatic rings. The molecule has 1 aromatic carbocycles. The third kappa shape index (κ3) is 7.85. The van der Waals surface area contributed by atoms with Gasteiger partial charge in [-0.15, -0.1) is 0 Å². The molecule has 0 spiro atoms. The maximum absolute atomic E-state index is 11.6. The van der Waals surface area contributed by atoms with Gasteiger partial charge in [-0.3, -0.25) is 33.8 Å². The number of nitrogens with two attached hydrogens (primary N) is 1. The number of hydrogen-bond donors (Lipinski definition) is 3. The van der Waals surface area contributed by atoms with E-state index >= 15 is 0 Å². The molecule has 0 heterocycles. The van der Waals surface area contributed by atoms with E-state index in [1.807, 2.05) is 0 Å². The zero-order chi connectivity index (χ0) is 23.3. The molecule has 1 unspecified atom stereocenters. The number of rotatable bonds is 12. The number of anilines is 1.